The minimum atomic E-state index is -0.441. The Morgan fingerprint density at radius 2 is 2.00 bits per heavy atom. The number of benzene rings is 1. The zero-order valence-electron chi connectivity index (χ0n) is 18.0. The summed E-state index contributed by atoms with van der Waals surface area (Å²) in [6, 6.07) is 8.26. The van der Waals surface area contributed by atoms with E-state index in [1.165, 1.54) is 29.1 Å². The van der Waals surface area contributed by atoms with Crippen molar-refractivity contribution in [1.29, 1.82) is 0 Å². The number of rotatable bonds is 7. The van der Waals surface area contributed by atoms with Crippen LogP contribution in [0.15, 0.2) is 36.7 Å². The molecule has 5 nitrogen and oxygen atoms in total. The van der Waals surface area contributed by atoms with E-state index in [-0.39, 0.29) is 12.8 Å². The fraction of sp³-hybridized carbons (Fsp3) is 0.440. The van der Waals surface area contributed by atoms with Crippen LogP contribution in [0.3, 0.4) is 0 Å². The topological polar surface area (TPSA) is 67.8 Å². The third-order valence-electron chi connectivity index (χ3n) is 5.77. The van der Waals surface area contributed by atoms with E-state index >= 15 is 0 Å². The lowest BCUT2D eigenvalue weighted by Crippen LogP contribution is -2.29. The van der Waals surface area contributed by atoms with Crippen molar-refractivity contribution >= 4 is 29.3 Å². The average Bonchev–Trinajstić information content (AvgIpc) is 3.16. The monoisotopic (exact) mass is 436 g/mol. The number of thiazole rings is 1. The summed E-state index contributed by atoms with van der Waals surface area (Å²) >= 11 is 1.80. The Labute approximate surface area is 189 Å². The second-order valence-electron chi connectivity index (χ2n) is 9.31. The van der Waals surface area contributed by atoms with Gasteiger partial charge in [0.1, 0.15) is 6.29 Å². The predicted molar refractivity (Wildman–Crippen MR) is 129 cm³/mol. The van der Waals surface area contributed by atoms with Crippen LogP contribution in [0.2, 0.25) is 0 Å². The van der Waals surface area contributed by atoms with Gasteiger partial charge in [-0.1, -0.05) is 40.7 Å². The van der Waals surface area contributed by atoms with Gasteiger partial charge in [-0.2, -0.15) is 0 Å². The highest BCUT2D eigenvalue weighted by molar-refractivity contribution is 7.15. The molecule has 2 heterocycles. The molecule has 0 radical (unpaired) electrons. The van der Waals surface area contributed by atoms with Crippen molar-refractivity contribution in [2.45, 2.75) is 66.2 Å². The van der Waals surface area contributed by atoms with Crippen molar-refractivity contribution in [3.63, 3.8) is 0 Å². The van der Waals surface area contributed by atoms with Crippen LogP contribution < -0.4 is 5.32 Å². The molecule has 1 N–H and O–H groups in total. The molecule has 1 saturated carbocycles. The van der Waals surface area contributed by atoms with Crippen LogP contribution >= 0.6 is 11.3 Å². The molecule has 1 aromatic carbocycles. The summed E-state index contributed by atoms with van der Waals surface area (Å²) in [6.45, 7) is 8.23. The molecular formula is C25H32N4OS. The smallest absolute Gasteiger partial charge is 0.227 e. The van der Waals surface area contributed by atoms with Crippen molar-refractivity contribution in [3.05, 3.63) is 52.9 Å². The first-order valence-electron chi connectivity index (χ1n) is 10.4. The Bertz CT molecular complexity index is 1070. The number of aromatic nitrogens is 3. The van der Waals surface area contributed by atoms with Crippen molar-refractivity contribution in [2.75, 3.05) is 5.32 Å². The molecule has 31 heavy (non-hydrogen) atoms. The molecule has 0 unspecified atom stereocenters. The number of carbonyl (C=O) groups excluding carboxylic acids is 1. The molecule has 0 bridgehead atoms. The predicted octanol–water partition coefficient (Wildman–Crippen LogP) is 6.50. The Kier molecular flexibility index (Phi) is 6.60. The molecule has 1 aliphatic carbocycles. The van der Waals surface area contributed by atoms with Gasteiger partial charge in [0.2, 0.25) is 5.95 Å². The van der Waals surface area contributed by atoms with Gasteiger partial charge >= 0.3 is 0 Å². The highest BCUT2D eigenvalue weighted by Crippen LogP contribution is 2.46. The maximum Gasteiger partial charge on any atom is 0.227 e. The molecule has 0 aliphatic heterocycles. The Hall–Kier alpha value is -2.60. The Morgan fingerprint density at radius 3 is 2.68 bits per heavy atom. The van der Waals surface area contributed by atoms with Crippen LogP contribution in [-0.4, -0.2) is 21.2 Å². The second kappa shape index (κ2) is 8.87. The van der Waals surface area contributed by atoms with Gasteiger partial charge in [-0.05, 0) is 49.1 Å². The SMILES string of the molecule is C.Cc1cc(Nc2nccc(CC(C)(C)C=O)n2)cc(-c2cnc(C3(C)CCC3)s2)c1. The summed E-state index contributed by atoms with van der Waals surface area (Å²) in [4.78, 5) is 26.1. The molecule has 6 heteroatoms. The van der Waals surface area contributed by atoms with E-state index < -0.39 is 5.41 Å². The largest absolute Gasteiger partial charge is 0.324 e. The summed E-state index contributed by atoms with van der Waals surface area (Å²) in [6.07, 6.45) is 9.05. The zero-order valence-corrected chi connectivity index (χ0v) is 18.8. The van der Waals surface area contributed by atoms with Gasteiger partial charge in [0, 0.05) is 41.0 Å². The lowest BCUT2D eigenvalue weighted by atomic mass is 9.71. The third kappa shape index (κ3) is 5.18. The minimum absolute atomic E-state index is 0. The summed E-state index contributed by atoms with van der Waals surface area (Å²) in [7, 11) is 0. The van der Waals surface area contributed by atoms with E-state index in [4.69, 9.17) is 4.98 Å². The average molecular weight is 437 g/mol. The van der Waals surface area contributed by atoms with Crippen molar-refractivity contribution in [1.82, 2.24) is 15.0 Å². The third-order valence-corrected chi connectivity index (χ3v) is 7.12. The first-order chi connectivity index (χ1) is 14.3. The molecular weight excluding hydrogens is 404 g/mol. The maximum absolute atomic E-state index is 11.2. The first-order valence-corrected chi connectivity index (χ1v) is 11.2. The number of hydrogen-bond donors (Lipinski definition) is 1. The number of carbonyl (C=O) groups is 1. The van der Waals surface area contributed by atoms with Crippen LogP contribution in [-0.2, 0) is 16.6 Å². The highest BCUT2D eigenvalue weighted by Gasteiger charge is 2.36. The maximum atomic E-state index is 11.2. The van der Waals surface area contributed by atoms with E-state index in [9.17, 15) is 4.79 Å². The number of anilines is 2. The summed E-state index contributed by atoms with van der Waals surface area (Å²) < 4.78 is 0. The van der Waals surface area contributed by atoms with Gasteiger partial charge in [-0.15, -0.1) is 11.3 Å². The van der Waals surface area contributed by atoms with E-state index in [2.05, 4.69) is 47.3 Å². The van der Waals surface area contributed by atoms with E-state index in [0.29, 0.717) is 12.4 Å². The lowest BCUT2D eigenvalue weighted by molar-refractivity contribution is -0.114. The number of aldehydes is 1. The van der Waals surface area contributed by atoms with Gasteiger partial charge < -0.3 is 10.1 Å². The Balaban J connectivity index is 0.00000272. The van der Waals surface area contributed by atoms with Crippen LogP contribution in [0.25, 0.3) is 10.4 Å². The molecule has 4 rings (SSSR count). The molecule has 164 valence electrons. The fourth-order valence-corrected chi connectivity index (χ4v) is 4.90. The summed E-state index contributed by atoms with van der Waals surface area (Å²) in [5.41, 5.74) is 3.93. The Morgan fingerprint density at radius 1 is 1.23 bits per heavy atom. The highest BCUT2D eigenvalue weighted by atomic mass is 32.1. The molecule has 0 saturated heterocycles. The summed E-state index contributed by atoms with van der Waals surface area (Å²) in [5.74, 6) is 0.540. The van der Waals surface area contributed by atoms with E-state index in [1.807, 2.05) is 26.1 Å². The lowest BCUT2D eigenvalue weighted by Gasteiger charge is -2.36. The minimum Gasteiger partial charge on any atom is -0.324 e. The van der Waals surface area contributed by atoms with Gasteiger partial charge in [0.15, 0.2) is 0 Å². The van der Waals surface area contributed by atoms with Crippen molar-refractivity contribution in [2.24, 2.45) is 5.41 Å². The molecule has 1 fully saturated rings. The summed E-state index contributed by atoms with van der Waals surface area (Å²) in [5, 5.41) is 4.58. The second-order valence-corrected chi connectivity index (χ2v) is 10.3. The molecule has 1 aliphatic rings. The number of aryl methyl sites for hydroxylation is 1. The molecule has 0 atom stereocenters. The van der Waals surface area contributed by atoms with Crippen LogP contribution in [0.5, 0.6) is 0 Å². The molecule has 0 spiro atoms. The normalized spacial score (nSPS) is 15.0. The van der Waals surface area contributed by atoms with Crippen molar-refractivity contribution in [3.8, 4) is 10.4 Å². The van der Waals surface area contributed by atoms with E-state index in [0.717, 1.165) is 28.8 Å². The van der Waals surface area contributed by atoms with Crippen molar-refractivity contribution < 1.29 is 4.79 Å². The van der Waals surface area contributed by atoms with Gasteiger partial charge in [0.05, 0.1) is 9.88 Å². The number of nitrogens with zero attached hydrogens (tertiary/aromatic N) is 3. The van der Waals surface area contributed by atoms with Gasteiger partial charge in [0.25, 0.3) is 0 Å². The fourth-order valence-electron chi connectivity index (χ4n) is 3.80. The zero-order chi connectivity index (χ0) is 21.4. The van der Waals surface area contributed by atoms with Crippen LogP contribution in [0.4, 0.5) is 11.6 Å². The van der Waals surface area contributed by atoms with E-state index in [1.54, 1.807) is 17.5 Å². The first kappa shape index (κ1) is 23.1. The molecule has 2 aromatic heterocycles. The quantitative estimate of drug-likeness (QED) is 0.428. The molecule has 0 amide bonds. The van der Waals surface area contributed by atoms with Crippen LogP contribution in [0, 0.1) is 12.3 Å². The standard InChI is InChI=1S/C24H28N4OS.CH4/c1-16-10-17(20-14-26-21(30-20)24(4)7-5-8-24)12-19(11-16)28-22-25-9-6-18(27-22)13-23(2,3)15-29;/h6,9-12,14-15H,5,7-8,13H2,1-4H3,(H,25,27,28);1H4. The number of hydrogen-bond acceptors (Lipinski definition) is 6. The van der Waals surface area contributed by atoms with Gasteiger partial charge in [-0.25, -0.2) is 15.0 Å². The van der Waals surface area contributed by atoms with Crippen LogP contribution in [0.1, 0.15) is 63.7 Å². The number of nitrogens with one attached hydrogen (secondary N) is 1. The van der Waals surface area contributed by atoms with Gasteiger partial charge in [-0.3, -0.25) is 0 Å². The molecule has 3 aromatic rings.